The smallest absolute Gasteiger partial charge is 0.0801 e. The molecular weight excluding hydrogens is 258 g/mol. The Labute approximate surface area is 128 Å². The van der Waals surface area contributed by atoms with Crippen molar-refractivity contribution in [1.82, 2.24) is 5.32 Å². The average molecular weight is 283 g/mol. The quantitative estimate of drug-likeness (QED) is 0.722. The van der Waals surface area contributed by atoms with Crippen LogP contribution in [0.4, 0.5) is 0 Å². The molecule has 2 heteroatoms. The Morgan fingerprint density at radius 3 is 2.29 bits per heavy atom. The summed E-state index contributed by atoms with van der Waals surface area (Å²) in [6, 6.07) is 19.0. The highest BCUT2D eigenvalue weighted by Gasteiger charge is 2.05. The Kier molecular flexibility index (Phi) is 6.45. The van der Waals surface area contributed by atoms with E-state index in [1.807, 2.05) is 18.2 Å². The van der Waals surface area contributed by atoms with E-state index in [2.05, 4.69) is 55.6 Å². The van der Waals surface area contributed by atoms with Crippen molar-refractivity contribution < 1.29 is 4.74 Å². The van der Waals surface area contributed by atoms with Gasteiger partial charge in [-0.05, 0) is 36.6 Å². The molecule has 0 aromatic heterocycles. The van der Waals surface area contributed by atoms with E-state index in [9.17, 15) is 0 Å². The third kappa shape index (κ3) is 5.33. The van der Waals surface area contributed by atoms with Gasteiger partial charge in [-0.15, -0.1) is 0 Å². The molecule has 2 rings (SSSR count). The van der Waals surface area contributed by atoms with Crippen LogP contribution in [0.2, 0.25) is 0 Å². The van der Waals surface area contributed by atoms with Crippen LogP contribution in [0.1, 0.15) is 43.1 Å². The highest BCUT2D eigenvalue weighted by Crippen LogP contribution is 2.18. The van der Waals surface area contributed by atoms with Crippen molar-refractivity contribution in [2.24, 2.45) is 0 Å². The normalized spacial score (nSPS) is 12.3. The minimum absolute atomic E-state index is 0.122. The van der Waals surface area contributed by atoms with E-state index in [0.717, 1.165) is 13.1 Å². The van der Waals surface area contributed by atoms with Gasteiger partial charge in [-0.1, -0.05) is 61.5 Å². The predicted octanol–water partition coefficient (Wildman–Crippen LogP) is 4.46. The van der Waals surface area contributed by atoms with Crippen LogP contribution in [0.3, 0.4) is 0 Å². The van der Waals surface area contributed by atoms with E-state index in [0.29, 0.717) is 6.61 Å². The van der Waals surface area contributed by atoms with Gasteiger partial charge in [0.1, 0.15) is 0 Å². The standard InChI is InChI=1S/C19H25NO/c1-3-13-20-14-17-9-11-18(12-10-17)15-21-16(2)19-7-5-4-6-8-19/h4-12,16,20H,3,13-15H2,1-2H3. The third-order valence-corrected chi connectivity index (χ3v) is 3.55. The summed E-state index contributed by atoms with van der Waals surface area (Å²) < 4.78 is 5.94. The van der Waals surface area contributed by atoms with Gasteiger partial charge in [0.2, 0.25) is 0 Å². The first-order chi connectivity index (χ1) is 10.3. The number of hydrogen-bond donors (Lipinski definition) is 1. The largest absolute Gasteiger partial charge is 0.369 e. The lowest BCUT2D eigenvalue weighted by Gasteiger charge is -2.13. The van der Waals surface area contributed by atoms with Gasteiger partial charge in [-0.25, -0.2) is 0 Å². The highest BCUT2D eigenvalue weighted by molar-refractivity contribution is 5.22. The molecule has 0 saturated carbocycles. The van der Waals surface area contributed by atoms with Crippen LogP contribution >= 0.6 is 0 Å². The Balaban J connectivity index is 1.80. The molecule has 0 fully saturated rings. The Bertz CT molecular complexity index is 507. The van der Waals surface area contributed by atoms with E-state index >= 15 is 0 Å². The molecule has 112 valence electrons. The van der Waals surface area contributed by atoms with Crippen molar-refractivity contribution in [3.05, 3.63) is 71.3 Å². The van der Waals surface area contributed by atoms with Gasteiger partial charge in [-0.2, -0.15) is 0 Å². The van der Waals surface area contributed by atoms with Gasteiger partial charge < -0.3 is 10.1 Å². The van der Waals surface area contributed by atoms with Gasteiger partial charge in [0, 0.05) is 6.54 Å². The van der Waals surface area contributed by atoms with Crippen LogP contribution < -0.4 is 5.32 Å². The maximum Gasteiger partial charge on any atom is 0.0801 e. The van der Waals surface area contributed by atoms with Crippen LogP contribution in [0, 0.1) is 0 Å². The van der Waals surface area contributed by atoms with Crippen LogP contribution in [0.15, 0.2) is 54.6 Å². The van der Waals surface area contributed by atoms with E-state index < -0.39 is 0 Å². The van der Waals surface area contributed by atoms with Crippen molar-refractivity contribution in [3.8, 4) is 0 Å². The summed E-state index contributed by atoms with van der Waals surface area (Å²) in [5.41, 5.74) is 3.76. The maximum absolute atomic E-state index is 5.94. The van der Waals surface area contributed by atoms with E-state index in [-0.39, 0.29) is 6.10 Å². The second-order valence-electron chi connectivity index (χ2n) is 5.36. The summed E-state index contributed by atoms with van der Waals surface area (Å²) in [5.74, 6) is 0. The predicted molar refractivity (Wildman–Crippen MR) is 88.1 cm³/mol. The second-order valence-corrected chi connectivity index (χ2v) is 5.36. The molecule has 0 aliphatic heterocycles. The van der Waals surface area contributed by atoms with Crippen molar-refractivity contribution in [2.45, 2.75) is 39.5 Å². The lowest BCUT2D eigenvalue weighted by molar-refractivity contribution is 0.0525. The highest BCUT2D eigenvalue weighted by atomic mass is 16.5. The summed E-state index contributed by atoms with van der Waals surface area (Å²) >= 11 is 0. The van der Waals surface area contributed by atoms with Gasteiger partial charge in [-0.3, -0.25) is 0 Å². The summed E-state index contributed by atoms with van der Waals surface area (Å²) in [5, 5.41) is 3.41. The van der Waals surface area contributed by atoms with E-state index in [4.69, 9.17) is 4.74 Å². The molecule has 2 aromatic rings. The Morgan fingerprint density at radius 2 is 1.62 bits per heavy atom. The van der Waals surface area contributed by atoms with Crippen molar-refractivity contribution in [3.63, 3.8) is 0 Å². The molecule has 0 saturated heterocycles. The summed E-state index contributed by atoms with van der Waals surface area (Å²) in [6.45, 7) is 6.94. The number of ether oxygens (including phenoxy) is 1. The zero-order valence-electron chi connectivity index (χ0n) is 13.0. The second kappa shape index (κ2) is 8.60. The molecule has 0 aliphatic rings. The SMILES string of the molecule is CCCNCc1ccc(COC(C)c2ccccc2)cc1. The monoisotopic (exact) mass is 283 g/mol. The molecule has 1 unspecified atom stereocenters. The molecule has 0 aliphatic carbocycles. The molecule has 0 spiro atoms. The van der Waals surface area contributed by atoms with Gasteiger partial charge >= 0.3 is 0 Å². The number of hydrogen-bond acceptors (Lipinski definition) is 2. The van der Waals surface area contributed by atoms with E-state index in [1.165, 1.54) is 23.1 Å². The van der Waals surface area contributed by atoms with Crippen LogP contribution in [-0.2, 0) is 17.9 Å². The topological polar surface area (TPSA) is 21.3 Å². The molecule has 2 aromatic carbocycles. The zero-order chi connectivity index (χ0) is 14.9. The fourth-order valence-corrected chi connectivity index (χ4v) is 2.20. The molecule has 2 nitrogen and oxygen atoms in total. The van der Waals surface area contributed by atoms with Crippen molar-refractivity contribution in [2.75, 3.05) is 6.54 Å². The van der Waals surface area contributed by atoms with Gasteiger partial charge in [0.05, 0.1) is 12.7 Å². The number of rotatable bonds is 8. The third-order valence-electron chi connectivity index (χ3n) is 3.55. The van der Waals surface area contributed by atoms with Gasteiger partial charge in [0.15, 0.2) is 0 Å². The molecule has 1 N–H and O–H groups in total. The van der Waals surface area contributed by atoms with E-state index in [1.54, 1.807) is 0 Å². The first-order valence-electron chi connectivity index (χ1n) is 7.74. The first kappa shape index (κ1) is 15.7. The molecule has 0 bridgehead atoms. The molecular formula is C19H25NO. The lowest BCUT2D eigenvalue weighted by Crippen LogP contribution is -2.13. The lowest BCUT2D eigenvalue weighted by atomic mass is 10.1. The number of nitrogens with one attached hydrogen (secondary N) is 1. The minimum atomic E-state index is 0.122. The average Bonchev–Trinajstić information content (AvgIpc) is 2.55. The Morgan fingerprint density at radius 1 is 0.952 bits per heavy atom. The Hall–Kier alpha value is -1.64. The fourth-order valence-electron chi connectivity index (χ4n) is 2.20. The van der Waals surface area contributed by atoms with Crippen molar-refractivity contribution >= 4 is 0 Å². The minimum Gasteiger partial charge on any atom is -0.369 e. The molecule has 1 atom stereocenters. The van der Waals surface area contributed by atoms with Crippen LogP contribution in [-0.4, -0.2) is 6.54 Å². The number of benzene rings is 2. The fraction of sp³-hybridized carbons (Fsp3) is 0.368. The molecule has 21 heavy (non-hydrogen) atoms. The maximum atomic E-state index is 5.94. The van der Waals surface area contributed by atoms with Crippen molar-refractivity contribution in [1.29, 1.82) is 0 Å². The summed E-state index contributed by atoms with van der Waals surface area (Å²) in [6.07, 6.45) is 1.29. The molecule has 0 radical (unpaired) electrons. The zero-order valence-corrected chi connectivity index (χ0v) is 13.0. The van der Waals surface area contributed by atoms with Gasteiger partial charge in [0.25, 0.3) is 0 Å². The first-order valence-corrected chi connectivity index (χ1v) is 7.74. The summed E-state index contributed by atoms with van der Waals surface area (Å²) in [7, 11) is 0. The molecule has 0 heterocycles. The van der Waals surface area contributed by atoms with Crippen LogP contribution in [0.5, 0.6) is 0 Å². The van der Waals surface area contributed by atoms with Crippen LogP contribution in [0.25, 0.3) is 0 Å². The summed E-state index contributed by atoms with van der Waals surface area (Å²) in [4.78, 5) is 0. The molecule has 0 amide bonds.